The number of amides is 1. The van der Waals surface area contributed by atoms with Crippen molar-refractivity contribution in [2.24, 2.45) is 11.5 Å². The minimum Gasteiger partial charge on any atom is -0.368 e. The highest BCUT2D eigenvalue weighted by atomic mass is 79.9. The summed E-state index contributed by atoms with van der Waals surface area (Å²) in [6, 6.07) is -0.680. The summed E-state index contributed by atoms with van der Waals surface area (Å²) in [5.74, 6) is -0.519. The van der Waals surface area contributed by atoms with E-state index in [1.807, 2.05) is 0 Å². The van der Waals surface area contributed by atoms with Gasteiger partial charge in [-0.15, -0.1) is 17.0 Å². The molecule has 0 spiro atoms. The molecule has 0 aliphatic rings. The fourth-order valence-corrected chi connectivity index (χ4v) is 0.475. The molecule has 0 radical (unpaired) electrons. The summed E-state index contributed by atoms with van der Waals surface area (Å²) in [5, 5.41) is 0. The maximum atomic E-state index is 10.4. The van der Waals surface area contributed by atoms with Gasteiger partial charge < -0.3 is 11.5 Å². The highest BCUT2D eigenvalue weighted by Crippen LogP contribution is 2.14. The highest BCUT2D eigenvalue weighted by Gasteiger charge is 2.25. The lowest BCUT2D eigenvalue weighted by molar-refractivity contribution is -0.119. The van der Waals surface area contributed by atoms with Gasteiger partial charge in [-0.1, -0.05) is 0 Å². The van der Waals surface area contributed by atoms with Crippen molar-refractivity contribution < 1.29 is 4.79 Å². The van der Waals surface area contributed by atoms with Crippen LogP contribution in [-0.4, -0.2) is 16.7 Å². The lowest BCUT2D eigenvalue weighted by atomic mass is 10.0. The molecule has 0 saturated heterocycles. The molecule has 0 aromatic heterocycles. The fourth-order valence-electron chi connectivity index (χ4n) is 0.348. The van der Waals surface area contributed by atoms with Gasteiger partial charge in [0.1, 0.15) is 0 Å². The molecule has 0 bridgehead atoms. The smallest absolute Gasteiger partial charge is 0.235 e. The molecule has 10 heavy (non-hydrogen) atoms. The van der Waals surface area contributed by atoms with E-state index in [9.17, 15) is 4.79 Å². The number of hydrogen-bond donors (Lipinski definition) is 3. The van der Waals surface area contributed by atoms with Gasteiger partial charge in [0, 0.05) is 4.75 Å². The molecule has 0 aliphatic heterocycles. The van der Waals surface area contributed by atoms with E-state index in [1.54, 1.807) is 13.8 Å². The molecule has 0 saturated carbocycles. The Balaban J connectivity index is 0. The molecule has 0 aromatic rings. The van der Waals surface area contributed by atoms with Crippen molar-refractivity contribution in [2.75, 3.05) is 0 Å². The zero-order valence-electron chi connectivity index (χ0n) is 6.00. The number of rotatable bonds is 2. The van der Waals surface area contributed by atoms with E-state index in [4.69, 9.17) is 11.5 Å². The molecule has 1 atom stereocenters. The van der Waals surface area contributed by atoms with E-state index in [2.05, 4.69) is 12.6 Å². The Morgan fingerprint density at radius 2 is 1.90 bits per heavy atom. The quantitative estimate of drug-likeness (QED) is 0.587. The Bertz CT molecular complexity index is 123. The number of nitrogens with two attached hydrogens (primary N) is 2. The molecule has 1 amide bonds. The third-order valence-corrected chi connectivity index (χ3v) is 1.35. The molecule has 0 heterocycles. The summed E-state index contributed by atoms with van der Waals surface area (Å²) in [4.78, 5) is 10.4. The van der Waals surface area contributed by atoms with Gasteiger partial charge >= 0.3 is 0 Å². The molecular weight excluding hydrogens is 216 g/mol. The number of primary amides is 1. The zero-order chi connectivity index (χ0) is 7.65. The molecule has 1 unspecified atom stereocenters. The largest absolute Gasteiger partial charge is 0.368 e. The molecule has 5 heteroatoms. The van der Waals surface area contributed by atoms with Crippen LogP contribution in [-0.2, 0) is 4.79 Å². The van der Waals surface area contributed by atoms with Crippen LogP contribution in [0.25, 0.3) is 0 Å². The van der Waals surface area contributed by atoms with Crippen molar-refractivity contribution in [3.05, 3.63) is 0 Å². The van der Waals surface area contributed by atoms with Gasteiger partial charge in [0.25, 0.3) is 0 Å². The van der Waals surface area contributed by atoms with Crippen molar-refractivity contribution >= 4 is 35.5 Å². The van der Waals surface area contributed by atoms with E-state index < -0.39 is 16.7 Å². The van der Waals surface area contributed by atoms with E-state index >= 15 is 0 Å². The second-order valence-corrected chi connectivity index (χ2v) is 3.69. The first kappa shape index (κ1) is 12.9. The maximum Gasteiger partial charge on any atom is 0.235 e. The second kappa shape index (κ2) is 4.20. The Morgan fingerprint density at radius 3 is 1.90 bits per heavy atom. The average Bonchev–Trinajstić information content (AvgIpc) is 1.62. The Kier molecular flexibility index (Phi) is 5.42. The van der Waals surface area contributed by atoms with Crippen molar-refractivity contribution in [1.29, 1.82) is 0 Å². The average molecular weight is 229 g/mol. The van der Waals surface area contributed by atoms with Gasteiger partial charge in [0.15, 0.2) is 0 Å². The molecule has 3 nitrogen and oxygen atoms in total. The summed E-state index contributed by atoms with van der Waals surface area (Å²) >= 11 is 4.06. The van der Waals surface area contributed by atoms with Crippen molar-refractivity contribution in [3.63, 3.8) is 0 Å². The zero-order valence-corrected chi connectivity index (χ0v) is 8.60. The van der Waals surface area contributed by atoms with E-state index in [-0.39, 0.29) is 17.0 Å². The van der Waals surface area contributed by atoms with Crippen LogP contribution >= 0.6 is 29.6 Å². The van der Waals surface area contributed by atoms with Gasteiger partial charge in [0.05, 0.1) is 6.04 Å². The molecule has 0 rings (SSSR count). The lowest BCUT2D eigenvalue weighted by Gasteiger charge is -2.22. The minimum absolute atomic E-state index is 0. The van der Waals surface area contributed by atoms with Crippen LogP contribution in [0.2, 0.25) is 0 Å². The van der Waals surface area contributed by atoms with E-state index in [1.165, 1.54) is 0 Å². The fraction of sp³-hybridized carbons (Fsp3) is 0.800. The number of carbonyl (C=O) groups is 1. The van der Waals surface area contributed by atoms with Gasteiger partial charge in [-0.25, -0.2) is 0 Å². The van der Waals surface area contributed by atoms with Gasteiger partial charge in [-0.3, -0.25) is 4.79 Å². The van der Waals surface area contributed by atoms with Crippen molar-refractivity contribution in [2.45, 2.75) is 24.6 Å². The normalized spacial score (nSPS) is 13.6. The predicted octanol–water partition coefficient (Wildman–Crippen LogP) is 0.0853. The molecule has 0 aliphatic carbocycles. The van der Waals surface area contributed by atoms with E-state index in [0.717, 1.165) is 0 Å². The second-order valence-electron chi connectivity index (χ2n) is 2.53. The van der Waals surface area contributed by atoms with Crippen LogP contribution in [0.1, 0.15) is 13.8 Å². The SMILES string of the molecule is Br.CC(C)(S)C(N)C(N)=O. The summed E-state index contributed by atoms with van der Waals surface area (Å²) < 4.78 is -0.522. The standard InChI is InChI=1S/C5H12N2OS.BrH/c1-5(2,9)3(6)4(7)8;/h3,9H,6H2,1-2H3,(H2,7,8);1H. The van der Waals surface area contributed by atoms with Crippen LogP contribution in [0.4, 0.5) is 0 Å². The molecule has 62 valence electrons. The third-order valence-electron chi connectivity index (χ3n) is 1.07. The van der Waals surface area contributed by atoms with Gasteiger partial charge in [0.2, 0.25) is 5.91 Å². The topological polar surface area (TPSA) is 69.1 Å². The van der Waals surface area contributed by atoms with Crippen LogP contribution in [0.5, 0.6) is 0 Å². The first-order chi connectivity index (χ1) is 3.85. The number of thiol groups is 1. The summed E-state index contributed by atoms with van der Waals surface area (Å²) in [6.45, 7) is 3.48. The molecule has 4 N–H and O–H groups in total. The van der Waals surface area contributed by atoms with Crippen LogP contribution in [0.15, 0.2) is 0 Å². The number of carbonyl (C=O) groups excluding carboxylic acids is 1. The molecular formula is C5H13BrN2OS. The lowest BCUT2D eigenvalue weighted by Crippen LogP contribution is -2.48. The maximum absolute atomic E-state index is 10.4. The Hall–Kier alpha value is 0.260. The summed E-state index contributed by atoms with van der Waals surface area (Å²) in [6.07, 6.45) is 0. The van der Waals surface area contributed by atoms with Gasteiger partial charge in [-0.2, -0.15) is 12.6 Å². The van der Waals surface area contributed by atoms with Crippen LogP contribution < -0.4 is 11.5 Å². The first-order valence-electron chi connectivity index (χ1n) is 2.63. The monoisotopic (exact) mass is 228 g/mol. The van der Waals surface area contributed by atoms with Crippen LogP contribution in [0.3, 0.4) is 0 Å². The first-order valence-corrected chi connectivity index (χ1v) is 3.07. The Morgan fingerprint density at radius 1 is 1.60 bits per heavy atom. The third kappa shape index (κ3) is 4.14. The molecule has 0 aromatic carbocycles. The van der Waals surface area contributed by atoms with Crippen molar-refractivity contribution in [3.8, 4) is 0 Å². The number of halogens is 1. The summed E-state index contributed by atoms with van der Waals surface area (Å²) in [7, 11) is 0. The highest BCUT2D eigenvalue weighted by molar-refractivity contribution is 8.93. The molecule has 0 fully saturated rings. The van der Waals surface area contributed by atoms with Gasteiger partial charge in [-0.05, 0) is 13.8 Å². The predicted molar refractivity (Wildman–Crippen MR) is 50.6 cm³/mol. The van der Waals surface area contributed by atoms with Crippen molar-refractivity contribution in [1.82, 2.24) is 0 Å². The van der Waals surface area contributed by atoms with Crippen LogP contribution in [0, 0.1) is 0 Å². The van der Waals surface area contributed by atoms with E-state index in [0.29, 0.717) is 0 Å². The Labute approximate surface area is 76.7 Å². The number of hydrogen-bond acceptors (Lipinski definition) is 3. The minimum atomic E-state index is -0.680. The summed E-state index contributed by atoms with van der Waals surface area (Å²) in [5.41, 5.74) is 10.3.